The molecule has 4 rings (SSSR count). The number of rotatable bonds is 7. The van der Waals surface area contributed by atoms with E-state index in [9.17, 15) is 23.4 Å². The lowest BCUT2D eigenvalue weighted by Crippen LogP contribution is -2.43. The molecule has 3 aromatic rings. The Morgan fingerprint density at radius 1 is 1.19 bits per heavy atom. The molecule has 0 spiro atoms. The highest BCUT2D eigenvalue weighted by Crippen LogP contribution is 2.38. The first kappa shape index (κ1) is 25.6. The maximum Gasteiger partial charge on any atom is 0.289 e. The summed E-state index contributed by atoms with van der Waals surface area (Å²) in [6, 6.07) is 8.78. The summed E-state index contributed by atoms with van der Waals surface area (Å²) in [6.45, 7) is 7.00. The number of carbonyl (C=O) groups is 1. The first-order valence-corrected chi connectivity index (χ1v) is 13.2. The summed E-state index contributed by atoms with van der Waals surface area (Å²) in [7, 11) is -3.74. The van der Waals surface area contributed by atoms with Crippen molar-refractivity contribution in [3.8, 4) is 28.6 Å². The van der Waals surface area contributed by atoms with Crippen LogP contribution in [0.15, 0.2) is 41.3 Å². The number of phenols is 2. The van der Waals surface area contributed by atoms with E-state index >= 15 is 0 Å². The van der Waals surface area contributed by atoms with Gasteiger partial charge in [0.2, 0.25) is 15.7 Å². The average molecular weight is 516 g/mol. The van der Waals surface area contributed by atoms with Crippen LogP contribution in [0.5, 0.6) is 11.5 Å². The molecule has 1 aliphatic heterocycles. The fourth-order valence-electron chi connectivity index (χ4n) is 4.00. The van der Waals surface area contributed by atoms with Gasteiger partial charge in [0, 0.05) is 31.4 Å². The van der Waals surface area contributed by atoms with Gasteiger partial charge in [0.05, 0.1) is 17.1 Å². The minimum atomic E-state index is -3.74. The molecule has 192 valence electrons. The minimum absolute atomic E-state index is 0.0409. The number of phenolic OH excluding ortho intramolecular Hbond substituents is 2. The van der Waals surface area contributed by atoms with E-state index in [-0.39, 0.29) is 46.1 Å². The third-order valence-electron chi connectivity index (χ3n) is 5.87. The van der Waals surface area contributed by atoms with Crippen LogP contribution < -0.4 is 10.6 Å². The summed E-state index contributed by atoms with van der Waals surface area (Å²) < 4.78 is 32.9. The van der Waals surface area contributed by atoms with E-state index in [0.717, 1.165) is 0 Å². The molecule has 2 heterocycles. The molecule has 36 heavy (non-hydrogen) atoms. The van der Waals surface area contributed by atoms with Crippen molar-refractivity contribution in [1.29, 1.82) is 0 Å². The van der Waals surface area contributed by atoms with E-state index in [2.05, 4.69) is 20.8 Å². The highest BCUT2D eigenvalue weighted by Gasteiger charge is 2.30. The fraction of sp³-hybridized carbons (Fsp3) is 0.375. The lowest BCUT2D eigenvalue weighted by molar-refractivity contribution is 0.0785. The number of aromatic hydroxyl groups is 2. The smallest absolute Gasteiger partial charge is 0.289 e. The number of sulfone groups is 1. The van der Waals surface area contributed by atoms with Gasteiger partial charge in [-0.2, -0.15) is 0 Å². The molecule has 1 amide bonds. The molecule has 11 nitrogen and oxygen atoms in total. The van der Waals surface area contributed by atoms with Gasteiger partial charge in [-0.25, -0.2) is 8.42 Å². The van der Waals surface area contributed by atoms with Gasteiger partial charge in [0.1, 0.15) is 11.5 Å². The highest BCUT2D eigenvalue weighted by molar-refractivity contribution is 7.92. The average Bonchev–Trinajstić information content (AvgIpc) is 3.29. The topological polar surface area (TPSA) is 156 Å². The van der Waals surface area contributed by atoms with Crippen molar-refractivity contribution in [2.45, 2.75) is 37.0 Å². The fourth-order valence-corrected chi connectivity index (χ4v) is 5.43. The summed E-state index contributed by atoms with van der Waals surface area (Å²) in [4.78, 5) is 12.8. The van der Waals surface area contributed by atoms with Crippen molar-refractivity contribution in [1.82, 2.24) is 25.4 Å². The highest BCUT2D eigenvalue weighted by atomic mass is 32.2. The second-order valence-corrected chi connectivity index (χ2v) is 10.8. The molecule has 0 aliphatic carbocycles. The van der Waals surface area contributed by atoms with Crippen LogP contribution in [0.2, 0.25) is 0 Å². The van der Waals surface area contributed by atoms with E-state index < -0.39 is 21.2 Å². The maximum atomic E-state index is 13.0. The molecule has 4 N–H and O–H groups in total. The van der Waals surface area contributed by atoms with E-state index in [1.165, 1.54) is 22.8 Å². The second-order valence-electron chi connectivity index (χ2n) is 8.67. The van der Waals surface area contributed by atoms with Crippen LogP contribution in [0, 0.1) is 0 Å². The number of nitrogens with one attached hydrogen (secondary N) is 2. The normalized spacial score (nSPS) is 16.3. The van der Waals surface area contributed by atoms with Gasteiger partial charge in [0.25, 0.3) is 5.91 Å². The molecule has 1 aromatic heterocycles. The molecule has 1 atom stereocenters. The first-order chi connectivity index (χ1) is 17.1. The van der Waals surface area contributed by atoms with Crippen LogP contribution in [0.3, 0.4) is 0 Å². The maximum absolute atomic E-state index is 13.0. The monoisotopic (exact) mass is 515 g/mol. The summed E-state index contributed by atoms with van der Waals surface area (Å²) in [5, 5.41) is 34.8. The van der Waals surface area contributed by atoms with Gasteiger partial charge in [-0.1, -0.05) is 13.8 Å². The number of amides is 1. The Hall–Kier alpha value is -3.48. The SMILES string of the molecule is CCNC(=O)c1nnc(-c2cc(C(C)C)c(O)cc2O)n1-c1ccc(S(=O)(=O)C2CNCCO2)cc1. The molecule has 12 heteroatoms. The number of hydrogen-bond acceptors (Lipinski definition) is 9. The molecule has 1 saturated heterocycles. The third-order valence-corrected chi connectivity index (χ3v) is 7.80. The van der Waals surface area contributed by atoms with E-state index in [1.807, 2.05) is 13.8 Å². The van der Waals surface area contributed by atoms with E-state index in [0.29, 0.717) is 30.9 Å². The first-order valence-electron chi connectivity index (χ1n) is 11.6. The van der Waals surface area contributed by atoms with Crippen LogP contribution >= 0.6 is 0 Å². The summed E-state index contributed by atoms with van der Waals surface area (Å²) in [6.07, 6.45) is 0. The number of carbonyl (C=O) groups excluding carboxylic acids is 1. The van der Waals surface area contributed by atoms with Crippen molar-refractivity contribution in [3.63, 3.8) is 0 Å². The number of benzene rings is 2. The Bertz CT molecular complexity index is 1360. The number of hydrogen-bond donors (Lipinski definition) is 4. The van der Waals surface area contributed by atoms with E-state index in [1.54, 1.807) is 25.1 Å². The van der Waals surface area contributed by atoms with Gasteiger partial charge in [-0.15, -0.1) is 10.2 Å². The van der Waals surface area contributed by atoms with Gasteiger partial charge >= 0.3 is 0 Å². The predicted octanol–water partition coefficient (Wildman–Crippen LogP) is 1.94. The van der Waals surface area contributed by atoms with Gasteiger partial charge in [-0.05, 0) is 48.7 Å². The zero-order valence-corrected chi connectivity index (χ0v) is 21.0. The molecule has 1 unspecified atom stereocenters. The van der Waals surface area contributed by atoms with Crippen LogP contribution in [0.25, 0.3) is 17.1 Å². The van der Waals surface area contributed by atoms with Crippen molar-refractivity contribution >= 4 is 15.7 Å². The van der Waals surface area contributed by atoms with Gasteiger partial charge < -0.3 is 25.6 Å². The molecular formula is C24H29N5O6S. The predicted molar refractivity (Wildman–Crippen MR) is 132 cm³/mol. The number of morpholine rings is 1. The van der Waals surface area contributed by atoms with Crippen molar-refractivity contribution in [2.75, 3.05) is 26.2 Å². The van der Waals surface area contributed by atoms with Crippen LogP contribution in [-0.2, 0) is 14.6 Å². The molecule has 0 saturated carbocycles. The molecule has 1 aliphatic rings. The Balaban J connectivity index is 1.83. The van der Waals surface area contributed by atoms with Crippen LogP contribution in [0.1, 0.15) is 42.9 Å². The molecule has 2 aromatic carbocycles. The Morgan fingerprint density at radius 3 is 2.53 bits per heavy atom. The number of nitrogens with zero attached hydrogens (tertiary/aromatic N) is 3. The standard InChI is InChI=1S/C24H29N5O6S/c1-4-26-24(32)23-28-27-22(18-11-17(14(2)3)19(30)12-20(18)31)29(23)15-5-7-16(8-6-15)36(33,34)21-13-25-9-10-35-21/h5-8,11-12,14,21,25,30-31H,4,9-10,13H2,1-3H3,(H,26,32). The Morgan fingerprint density at radius 2 is 1.92 bits per heavy atom. The molecule has 0 radical (unpaired) electrons. The number of ether oxygens (including phenoxy) is 1. The quantitative estimate of drug-likeness (QED) is 0.369. The zero-order chi connectivity index (χ0) is 26.0. The number of aromatic nitrogens is 3. The van der Waals surface area contributed by atoms with Crippen molar-refractivity contribution in [2.24, 2.45) is 0 Å². The summed E-state index contributed by atoms with van der Waals surface area (Å²) in [5.41, 5.74) is 0.269. The third kappa shape index (κ3) is 4.79. The summed E-state index contributed by atoms with van der Waals surface area (Å²) in [5.74, 6) is -0.724. The lowest BCUT2D eigenvalue weighted by Gasteiger charge is -2.23. The van der Waals surface area contributed by atoms with Crippen molar-refractivity contribution in [3.05, 3.63) is 47.8 Å². The molecule has 0 bridgehead atoms. The van der Waals surface area contributed by atoms with Crippen LogP contribution in [-0.4, -0.2) is 71.0 Å². The van der Waals surface area contributed by atoms with Crippen molar-refractivity contribution < 1.29 is 28.2 Å². The van der Waals surface area contributed by atoms with Gasteiger partial charge in [-0.3, -0.25) is 9.36 Å². The molecular weight excluding hydrogens is 486 g/mol. The Labute approximate surface area is 209 Å². The second kappa shape index (κ2) is 10.2. The minimum Gasteiger partial charge on any atom is -0.508 e. The molecule has 1 fully saturated rings. The van der Waals surface area contributed by atoms with Crippen LogP contribution in [0.4, 0.5) is 0 Å². The van der Waals surface area contributed by atoms with E-state index in [4.69, 9.17) is 4.74 Å². The lowest BCUT2D eigenvalue weighted by atomic mass is 9.98. The zero-order valence-electron chi connectivity index (χ0n) is 20.2. The van der Waals surface area contributed by atoms with Gasteiger partial charge in [0.15, 0.2) is 11.3 Å². The largest absolute Gasteiger partial charge is 0.508 e. The summed E-state index contributed by atoms with van der Waals surface area (Å²) >= 11 is 0. The Kier molecular flexibility index (Phi) is 7.29.